The lowest BCUT2D eigenvalue weighted by atomic mass is 10.1. The van der Waals surface area contributed by atoms with E-state index in [-0.39, 0.29) is 0 Å². The Hall–Kier alpha value is -0.260. The van der Waals surface area contributed by atoms with E-state index in [2.05, 4.69) is 28.8 Å². The number of aromatic nitrogens is 1. The van der Waals surface area contributed by atoms with Crippen molar-refractivity contribution in [3.8, 4) is 0 Å². The SMILES string of the molecule is CCNCc1csc(N2CCC(SC)CC2)n1. The van der Waals surface area contributed by atoms with Gasteiger partial charge in [0, 0.05) is 30.3 Å². The van der Waals surface area contributed by atoms with Crippen LogP contribution in [0, 0.1) is 0 Å². The molecule has 0 amide bonds. The maximum atomic E-state index is 4.70. The average Bonchev–Trinajstić information content (AvgIpc) is 2.85. The van der Waals surface area contributed by atoms with Crippen molar-refractivity contribution >= 4 is 28.2 Å². The first-order valence-electron chi connectivity index (χ1n) is 6.26. The van der Waals surface area contributed by atoms with Crippen molar-refractivity contribution in [3.63, 3.8) is 0 Å². The molecule has 0 saturated carbocycles. The molecule has 2 rings (SSSR count). The molecule has 3 nitrogen and oxygen atoms in total. The Kier molecular flexibility index (Phi) is 5.13. The summed E-state index contributed by atoms with van der Waals surface area (Å²) in [5.41, 5.74) is 1.18. The van der Waals surface area contributed by atoms with E-state index in [0.717, 1.165) is 18.3 Å². The van der Waals surface area contributed by atoms with Gasteiger partial charge >= 0.3 is 0 Å². The fourth-order valence-corrected chi connectivity index (χ4v) is 3.62. The van der Waals surface area contributed by atoms with Gasteiger partial charge in [0.1, 0.15) is 0 Å². The summed E-state index contributed by atoms with van der Waals surface area (Å²) < 4.78 is 0. The number of nitrogens with zero attached hydrogens (tertiary/aromatic N) is 2. The van der Waals surface area contributed by atoms with Crippen molar-refractivity contribution in [3.05, 3.63) is 11.1 Å². The van der Waals surface area contributed by atoms with E-state index in [4.69, 9.17) is 4.98 Å². The highest BCUT2D eigenvalue weighted by Gasteiger charge is 2.20. The van der Waals surface area contributed by atoms with E-state index in [9.17, 15) is 0 Å². The molecule has 0 radical (unpaired) electrons. The van der Waals surface area contributed by atoms with Gasteiger partial charge in [-0.25, -0.2) is 4.98 Å². The lowest BCUT2D eigenvalue weighted by Gasteiger charge is -2.30. The van der Waals surface area contributed by atoms with Gasteiger partial charge in [0.15, 0.2) is 5.13 Å². The van der Waals surface area contributed by atoms with Crippen LogP contribution in [-0.4, -0.2) is 36.1 Å². The predicted octanol–water partition coefficient (Wildman–Crippen LogP) is 2.58. The summed E-state index contributed by atoms with van der Waals surface area (Å²) in [6.45, 7) is 6.36. The first-order chi connectivity index (χ1) is 8.33. The lowest BCUT2D eigenvalue weighted by Crippen LogP contribution is -2.34. The molecule has 0 atom stereocenters. The average molecular weight is 271 g/mol. The Morgan fingerprint density at radius 1 is 1.53 bits per heavy atom. The molecule has 1 aromatic rings. The van der Waals surface area contributed by atoms with Crippen molar-refractivity contribution in [2.75, 3.05) is 30.8 Å². The first kappa shape index (κ1) is 13.2. The van der Waals surface area contributed by atoms with Gasteiger partial charge < -0.3 is 10.2 Å². The van der Waals surface area contributed by atoms with Gasteiger partial charge in [-0.3, -0.25) is 0 Å². The number of rotatable bonds is 5. The standard InChI is InChI=1S/C12H21N3S2/c1-3-13-8-10-9-17-12(14-10)15-6-4-11(16-2)5-7-15/h9,11,13H,3-8H2,1-2H3. The molecule has 0 aromatic carbocycles. The largest absolute Gasteiger partial charge is 0.348 e. The van der Waals surface area contributed by atoms with Crippen LogP contribution in [0.5, 0.6) is 0 Å². The van der Waals surface area contributed by atoms with Crippen LogP contribution in [0.25, 0.3) is 0 Å². The van der Waals surface area contributed by atoms with E-state index in [1.54, 1.807) is 11.3 Å². The molecule has 17 heavy (non-hydrogen) atoms. The summed E-state index contributed by atoms with van der Waals surface area (Å²) in [6, 6.07) is 0. The van der Waals surface area contributed by atoms with Crippen LogP contribution in [0.15, 0.2) is 5.38 Å². The third kappa shape index (κ3) is 3.60. The van der Waals surface area contributed by atoms with Crippen LogP contribution < -0.4 is 10.2 Å². The van der Waals surface area contributed by atoms with Crippen LogP contribution in [0.3, 0.4) is 0 Å². The summed E-state index contributed by atoms with van der Waals surface area (Å²) in [7, 11) is 0. The topological polar surface area (TPSA) is 28.2 Å². The Morgan fingerprint density at radius 3 is 2.94 bits per heavy atom. The molecule has 1 aromatic heterocycles. The molecular weight excluding hydrogens is 250 g/mol. The molecule has 1 N–H and O–H groups in total. The van der Waals surface area contributed by atoms with Crippen LogP contribution in [-0.2, 0) is 6.54 Å². The van der Waals surface area contributed by atoms with Gasteiger partial charge in [-0.2, -0.15) is 11.8 Å². The van der Waals surface area contributed by atoms with E-state index in [1.165, 1.54) is 36.8 Å². The van der Waals surface area contributed by atoms with E-state index < -0.39 is 0 Å². The second-order valence-corrected chi connectivity index (χ2v) is 6.30. The second-order valence-electron chi connectivity index (χ2n) is 4.32. The number of thioether (sulfide) groups is 1. The number of thiazole rings is 1. The number of hydrogen-bond acceptors (Lipinski definition) is 5. The summed E-state index contributed by atoms with van der Waals surface area (Å²) in [4.78, 5) is 7.13. The fraction of sp³-hybridized carbons (Fsp3) is 0.750. The molecular formula is C12H21N3S2. The predicted molar refractivity (Wildman–Crippen MR) is 78.2 cm³/mol. The van der Waals surface area contributed by atoms with E-state index in [0.29, 0.717) is 0 Å². The monoisotopic (exact) mass is 271 g/mol. The van der Waals surface area contributed by atoms with Gasteiger partial charge in [0.2, 0.25) is 0 Å². The summed E-state index contributed by atoms with van der Waals surface area (Å²) in [5, 5.41) is 7.56. The van der Waals surface area contributed by atoms with Crippen LogP contribution >= 0.6 is 23.1 Å². The van der Waals surface area contributed by atoms with Crippen molar-refractivity contribution in [1.29, 1.82) is 0 Å². The van der Waals surface area contributed by atoms with Crippen molar-refractivity contribution < 1.29 is 0 Å². The van der Waals surface area contributed by atoms with Gasteiger partial charge in [-0.15, -0.1) is 11.3 Å². The minimum Gasteiger partial charge on any atom is -0.348 e. The van der Waals surface area contributed by atoms with Crippen molar-refractivity contribution in [1.82, 2.24) is 10.3 Å². The molecule has 96 valence electrons. The van der Waals surface area contributed by atoms with Gasteiger partial charge in [-0.05, 0) is 25.6 Å². The molecule has 1 aliphatic rings. The molecule has 1 saturated heterocycles. The van der Waals surface area contributed by atoms with Crippen LogP contribution in [0.2, 0.25) is 0 Å². The Morgan fingerprint density at radius 2 is 2.29 bits per heavy atom. The maximum Gasteiger partial charge on any atom is 0.185 e. The zero-order valence-corrected chi connectivity index (χ0v) is 12.2. The first-order valence-corrected chi connectivity index (χ1v) is 8.43. The smallest absolute Gasteiger partial charge is 0.185 e. The Balaban J connectivity index is 1.87. The quantitative estimate of drug-likeness (QED) is 0.891. The second kappa shape index (κ2) is 6.61. The van der Waals surface area contributed by atoms with Gasteiger partial charge in [-0.1, -0.05) is 6.92 Å². The number of piperidine rings is 1. The Bertz CT molecular complexity index is 332. The molecule has 1 fully saturated rings. The summed E-state index contributed by atoms with van der Waals surface area (Å²) in [6.07, 6.45) is 4.81. The van der Waals surface area contributed by atoms with E-state index in [1.807, 2.05) is 11.8 Å². The molecule has 0 spiro atoms. The maximum absolute atomic E-state index is 4.70. The molecule has 0 unspecified atom stereocenters. The number of nitrogens with one attached hydrogen (secondary N) is 1. The third-order valence-electron chi connectivity index (χ3n) is 3.14. The van der Waals surface area contributed by atoms with Crippen molar-refractivity contribution in [2.24, 2.45) is 0 Å². The fourth-order valence-electron chi connectivity index (χ4n) is 2.06. The highest BCUT2D eigenvalue weighted by atomic mass is 32.2. The van der Waals surface area contributed by atoms with E-state index >= 15 is 0 Å². The van der Waals surface area contributed by atoms with Gasteiger partial charge in [0.25, 0.3) is 0 Å². The zero-order chi connectivity index (χ0) is 12.1. The lowest BCUT2D eigenvalue weighted by molar-refractivity contribution is 0.589. The normalized spacial score (nSPS) is 17.6. The summed E-state index contributed by atoms with van der Waals surface area (Å²) in [5.74, 6) is 0. The minimum atomic E-state index is 0.854. The van der Waals surface area contributed by atoms with Gasteiger partial charge in [0.05, 0.1) is 5.69 Å². The highest BCUT2D eigenvalue weighted by molar-refractivity contribution is 7.99. The molecule has 0 bridgehead atoms. The third-order valence-corrected chi connectivity index (χ3v) is 5.23. The van der Waals surface area contributed by atoms with Crippen LogP contribution in [0.1, 0.15) is 25.5 Å². The Labute approximate surface area is 112 Å². The number of anilines is 1. The molecule has 5 heteroatoms. The highest BCUT2D eigenvalue weighted by Crippen LogP contribution is 2.27. The molecule has 0 aliphatic carbocycles. The number of hydrogen-bond donors (Lipinski definition) is 1. The summed E-state index contributed by atoms with van der Waals surface area (Å²) >= 11 is 3.79. The zero-order valence-electron chi connectivity index (χ0n) is 10.6. The molecule has 2 heterocycles. The van der Waals surface area contributed by atoms with Crippen LogP contribution in [0.4, 0.5) is 5.13 Å². The minimum absolute atomic E-state index is 0.854. The van der Waals surface area contributed by atoms with Crippen molar-refractivity contribution in [2.45, 2.75) is 31.6 Å². The molecule has 1 aliphatic heterocycles.